The van der Waals surface area contributed by atoms with E-state index in [2.05, 4.69) is 12.2 Å². The molecule has 0 aliphatic rings. The number of nitrogens with one attached hydrogen (secondary N) is 1. The Morgan fingerprint density at radius 3 is 2.33 bits per heavy atom. The normalized spacial score (nSPS) is 10.2. The molecule has 3 N–H and O–H groups in total. The summed E-state index contributed by atoms with van der Waals surface area (Å²) in [4.78, 5) is 14.1. The third kappa shape index (κ3) is 3.54. The maximum atomic E-state index is 12.2. The first-order chi connectivity index (χ1) is 10.0. The molecule has 0 saturated heterocycles. The van der Waals surface area contributed by atoms with Crippen molar-refractivity contribution in [2.24, 2.45) is 0 Å². The molecule has 0 aliphatic carbocycles. The third-order valence-electron chi connectivity index (χ3n) is 3.39. The number of hydrogen-bond acceptors (Lipinski definition) is 3. The van der Waals surface area contributed by atoms with E-state index >= 15 is 0 Å². The fourth-order valence-electron chi connectivity index (χ4n) is 2.13. The third-order valence-corrected chi connectivity index (χ3v) is 3.39. The summed E-state index contributed by atoms with van der Waals surface area (Å²) >= 11 is 0. The van der Waals surface area contributed by atoms with Crippen molar-refractivity contribution in [3.63, 3.8) is 0 Å². The van der Waals surface area contributed by atoms with E-state index in [0.717, 1.165) is 12.1 Å². The maximum absolute atomic E-state index is 12.2. The molecule has 0 bridgehead atoms. The second kappa shape index (κ2) is 6.31. The number of anilines is 3. The van der Waals surface area contributed by atoms with Gasteiger partial charge in [-0.05, 0) is 42.3 Å². The highest BCUT2D eigenvalue weighted by Crippen LogP contribution is 2.25. The molecule has 0 heterocycles. The van der Waals surface area contributed by atoms with Gasteiger partial charge >= 0.3 is 0 Å². The first-order valence-electron chi connectivity index (χ1n) is 6.98. The molecule has 0 fully saturated rings. The van der Waals surface area contributed by atoms with Crippen LogP contribution in [0, 0.1) is 0 Å². The average Bonchev–Trinajstić information content (AvgIpc) is 2.47. The van der Waals surface area contributed by atoms with Crippen molar-refractivity contribution in [2.45, 2.75) is 13.3 Å². The van der Waals surface area contributed by atoms with E-state index < -0.39 is 0 Å². The van der Waals surface area contributed by atoms with Gasteiger partial charge in [-0.2, -0.15) is 0 Å². The molecule has 0 unspecified atom stereocenters. The van der Waals surface area contributed by atoms with Crippen LogP contribution in [0.5, 0.6) is 0 Å². The van der Waals surface area contributed by atoms with Crippen molar-refractivity contribution in [1.82, 2.24) is 0 Å². The smallest absolute Gasteiger partial charge is 0.255 e. The predicted molar refractivity (Wildman–Crippen MR) is 89.0 cm³/mol. The van der Waals surface area contributed by atoms with Crippen molar-refractivity contribution in [3.8, 4) is 0 Å². The first kappa shape index (κ1) is 14.9. The van der Waals surface area contributed by atoms with Crippen LogP contribution in [0.1, 0.15) is 22.8 Å². The fraction of sp³-hybridized carbons (Fsp3) is 0.235. The zero-order chi connectivity index (χ0) is 15.4. The molecular formula is C17H21N3O. The lowest BCUT2D eigenvalue weighted by atomic mass is 10.1. The molecule has 2 aromatic rings. The van der Waals surface area contributed by atoms with E-state index in [0.29, 0.717) is 16.9 Å². The Balaban J connectivity index is 2.13. The van der Waals surface area contributed by atoms with Crippen LogP contribution in [0.4, 0.5) is 17.1 Å². The van der Waals surface area contributed by atoms with Crippen LogP contribution in [-0.4, -0.2) is 20.0 Å². The minimum absolute atomic E-state index is 0.130. The zero-order valence-corrected chi connectivity index (χ0v) is 12.7. The summed E-state index contributed by atoms with van der Waals surface area (Å²) in [6, 6.07) is 13.1. The summed E-state index contributed by atoms with van der Waals surface area (Å²) in [6.07, 6.45) is 0.963. The summed E-state index contributed by atoms with van der Waals surface area (Å²) < 4.78 is 0. The molecule has 0 atom stereocenters. The van der Waals surface area contributed by atoms with Gasteiger partial charge in [-0.25, -0.2) is 0 Å². The van der Waals surface area contributed by atoms with Crippen LogP contribution in [0.25, 0.3) is 0 Å². The zero-order valence-electron chi connectivity index (χ0n) is 12.7. The summed E-state index contributed by atoms with van der Waals surface area (Å²) in [5, 5.41) is 2.87. The van der Waals surface area contributed by atoms with Gasteiger partial charge in [-0.3, -0.25) is 4.79 Å². The van der Waals surface area contributed by atoms with Crippen molar-refractivity contribution < 1.29 is 4.79 Å². The van der Waals surface area contributed by atoms with Gasteiger partial charge in [0.05, 0.1) is 11.4 Å². The van der Waals surface area contributed by atoms with Gasteiger partial charge in [0.15, 0.2) is 0 Å². The van der Waals surface area contributed by atoms with Gasteiger partial charge in [0.1, 0.15) is 0 Å². The highest BCUT2D eigenvalue weighted by molar-refractivity contribution is 6.04. The molecule has 0 radical (unpaired) electrons. The van der Waals surface area contributed by atoms with Crippen molar-refractivity contribution in [3.05, 3.63) is 53.6 Å². The first-order valence-corrected chi connectivity index (χ1v) is 6.98. The van der Waals surface area contributed by atoms with Crippen LogP contribution in [0.3, 0.4) is 0 Å². The number of nitrogens with zero attached hydrogens (tertiary/aromatic N) is 1. The van der Waals surface area contributed by atoms with Gasteiger partial charge < -0.3 is 16.0 Å². The molecule has 21 heavy (non-hydrogen) atoms. The van der Waals surface area contributed by atoms with Crippen LogP contribution >= 0.6 is 0 Å². The Bertz CT molecular complexity index is 633. The minimum Gasteiger partial charge on any atom is -0.397 e. The van der Waals surface area contributed by atoms with Gasteiger partial charge in [0.25, 0.3) is 5.91 Å². The van der Waals surface area contributed by atoms with Gasteiger partial charge in [0, 0.05) is 25.3 Å². The minimum atomic E-state index is -0.130. The SMILES string of the molecule is CCc1ccc(C(=O)Nc2ccc(N(C)C)c(N)c2)cc1. The van der Waals surface area contributed by atoms with Gasteiger partial charge in [0.2, 0.25) is 0 Å². The molecule has 2 aromatic carbocycles. The second-order valence-corrected chi connectivity index (χ2v) is 5.17. The molecule has 2 rings (SSSR count). The molecule has 0 aliphatic heterocycles. The molecule has 1 amide bonds. The number of carbonyl (C=O) groups excluding carboxylic acids is 1. The summed E-state index contributed by atoms with van der Waals surface area (Å²) in [6.45, 7) is 2.09. The predicted octanol–water partition coefficient (Wildman–Crippen LogP) is 3.15. The topological polar surface area (TPSA) is 58.4 Å². The lowest BCUT2D eigenvalue weighted by molar-refractivity contribution is 0.102. The summed E-state index contributed by atoms with van der Waals surface area (Å²) in [5.74, 6) is -0.130. The summed E-state index contributed by atoms with van der Waals surface area (Å²) in [5.41, 5.74) is 10.1. The number of amides is 1. The van der Waals surface area contributed by atoms with Crippen LogP contribution < -0.4 is 16.0 Å². The number of nitrogens with two attached hydrogens (primary N) is 1. The average molecular weight is 283 g/mol. The molecule has 4 heteroatoms. The Morgan fingerprint density at radius 1 is 1.14 bits per heavy atom. The molecule has 0 aromatic heterocycles. The highest BCUT2D eigenvalue weighted by Gasteiger charge is 2.08. The standard InChI is InChI=1S/C17H21N3O/c1-4-12-5-7-13(8-6-12)17(21)19-14-9-10-16(20(2)3)15(18)11-14/h5-11H,4,18H2,1-3H3,(H,19,21). The molecule has 0 spiro atoms. The van der Waals surface area contributed by atoms with Gasteiger partial charge in [-0.15, -0.1) is 0 Å². The van der Waals surface area contributed by atoms with E-state index in [1.165, 1.54) is 5.56 Å². The summed E-state index contributed by atoms with van der Waals surface area (Å²) in [7, 11) is 3.86. The Kier molecular flexibility index (Phi) is 4.48. The van der Waals surface area contributed by atoms with E-state index in [4.69, 9.17) is 5.73 Å². The number of aryl methyl sites for hydroxylation is 1. The van der Waals surface area contributed by atoms with Crippen LogP contribution in [0.15, 0.2) is 42.5 Å². The van der Waals surface area contributed by atoms with Crippen LogP contribution in [0.2, 0.25) is 0 Å². The number of rotatable bonds is 4. The van der Waals surface area contributed by atoms with Crippen molar-refractivity contribution >= 4 is 23.0 Å². The maximum Gasteiger partial charge on any atom is 0.255 e. The van der Waals surface area contributed by atoms with Crippen molar-refractivity contribution in [1.29, 1.82) is 0 Å². The fourth-order valence-corrected chi connectivity index (χ4v) is 2.13. The lowest BCUT2D eigenvalue weighted by Crippen LogP contribution is -2.14. The molecule has 110 valence electrons. The number of hydrogen-bond donors (Lipinski definition) is 2. The number of carbonyl (C=O) groups is 1. The lowest BCUT2D eigenvalue weighted by Gasteiger charge is -2.16. The van der Waals surface area contributed by atoms with Crippen LogP contribution in [-0.2, 0) is 6.42 Å². The van der Waals surface area contributed by atoms with E-state index in [1.807, 2.05) is 55.4 Å². The Labute approximate surface area is 125 Å². The van der Waals surface area contributed by atoms with Crippen molar-refractivity contribution in [2.75, 3.05) is 30.0 Å². The van der Waals surface area contributed by atoms with E-state index in [-0.39, 0.29) is 5.91 Å². The largest absolute Gasteiger partial charge is 0.397 e. The molecular weight excluding hydrogens is 262 g/mol. The van der Waals surface area contributed by atoms with E-state index in [1.54, 1.807) is 6.07 Å². The Morgan fingerprint density at radius 2 is 1.81 bits per heavy atom. The number of nitrogen functional groups attached to an aromatic ring is 1. The van der Waals surface area contributed by atoms with Gasteiger partial charge in [-0.1, -0.05) is 19.1 Å². The Hall–Kier alpha value is -2.49. The highest BCUT2D eigenvalue weighted by atomic mass is 16.1. The number of benzene rings is 2. The molecule has 4 nitrogen and oxygen atoms in total. The second-order valence-electron chi connectivity index (χ2n) is 5.17. The molecule has 0 saturated carbocycles. The van der Waals surface area contributed by atoms with E-state index in [9.17, 15) is 4.79 Å². The quantitative estimate of drug-likeness (QED) is 0.847. The monoisotopic (exact) mass is 283 g/mol.